The second kappa shape index (κ2) is 13.2. The number of nitrogens with one attached hydrogen (secondary N) is 1. The standard InChI is InChI=1S/C47H35N7/c1-53-45(34-15-6-3-7-16-34)51-44(33-13-4-2-5-14-33)52-46(53)35-25-21-31(22-26-35)32-23-27-36(28-24-32)47-50-42-38-18-9-8-17-37(38)41-39(19-12-30-49-41)43(42)54(47)40-20-10-11-29-48-40/h2-30,44,46,52H,1H3. The first kappa shape index (κ1) is 31.7. The molecule has 0 aliphatic carbocycles. The molecule has 4 heterocycles. The van der Waals surface area contributed by atoms with Crippen molar-refractivity contribution in [3.05, 3.63) is 193 Å². The first-order valence-electron chi connectivity index (χ1n) is 18.2. The summed E-state index contributed by atoms with van der Waals surface area (Å²) in [7, 11) is 2.11. The Bertz CT molecular complexity index is 2800. The third-order valence-corrected chi connectivity index (χ3v) is 10.4. The molecule has 1 N–H and O–H groups in total. The minimum atomic E-state index is -0.169. The Balaban J connectivity index is 1.02. The van der Waals surface area contributed by atoms with E-state index in [1.165, 1.54) is 5.56 Å². The van der Waals surface area contributed by atoms with E-state index in [9.17, 15) is 0 Å². The average Bonchev–Trinajstić information content (AvgIpc) is 3.66. The minimum Gasteiger partial charge on any atom is -0.340 e. The van der Waals surface area contributed by atoms with Gasteiger partial charge in [-0.25, -0.2) is 15.0 Å². The van der Waals surface area contributed by atoms with Gasteiger partial charge in [0.1, 0.15) is 29.8 Å². The zero-order chi connectivity index (χ0) is 36.0. The third kappa shape index (κ3) is 5.41. The molecule has 258 valence electrons. The molecule has 0 spiro atoms. The summed E-state index contributed by atoms with van der Waals surface area (Å²) in [6.07, 6.45) is 3.45. The van der Waals surface area contributed by atoms with Crippen LogP contribution in [0.5, 0.6) is 0 Å². The van der Waals surface area contributed by atoms with Crippen molar-refractivity contribution in [2.75, 3.05) is 7.05 Å². The lowest BCUT2D eigenvalue weighted by Crippen LogP contribution is -2.46. The van der Waals surface area contributed by atoms with E-state index in [0.29, 0.717) is 0 Å². The molecule has 0 radical (unpaired) electrons. The van der Waals surface area contributed by atoms with Gasteiger partial charge in [0.2, 0.25) is 0 Å². The van der Waals surface area contributed by atoms with E-state index in [2.05, 4.69) is 149 Å². The number of hydrogen-bond donors (Lipinski definition) is 1. The highest BCUT2D eigenvalue weighted by Crippen LogP contribution is 2.39. The molecule has 2 unspecified atom stereocenters. The van der Waals surface area contributed by atoms with E-state index < -0.39 is 0 Å². The Labute approximate surface area is 312 Å². The SMILES string of the molecule is CN1C(c2ccccc2)=NC(c2ccccc2)NC1c1ccc(-c2ccc(-c3nc4c5ccccc5c5ncccc5c4n3-c3ccccn3)cc2)cc1. The summed E-state index contributed by atoms with van der Waals surface area (Å²) >= 11 is 0. The zero-order valence-corrected chi connectivity index (χ0v) is 29.6. The molecule has 0 fully saturated rings. The number of pyridine rings is 2. The van der Waals surface area contributed by atoms with Gasteiger partial charge >= 0.3 is 0 Å². The van der Waals surface area contributed by atoms with Gasteiger partial charge in [-0.2, -0.15) is 0 Å². The Morgan fingerprint density at radius 1 is 0.500 bits per heavy atom. The van der Waals surface area contributed by atoms with Crippen LogP contribution in [0, 0.1) is 0 Å². The molecule has 54 heavy (non-hydrogen) atoms. The second-order valence-corrected chi connectivity index (χ2v) is 13.6. The van der Waals surface area contributed by atoms with Crippen molar-refractivity contribution in [3.63, 3.8) is 0 Å². The first-order valence-corrected chi connectivity index (χ1v) is 18.2. The van der Waals surface area contributed by atoms with Crippen LogP contribution in [-0.4, -0.2) is 37.3 Å². The number of fused-ring (bicyclic) bond motifs is 6. The Morgan fingerprint density at radius 2 is 1.11 bits per heavy atom. The molecule has 1 aliphatic heterocycles. The zero-order valence-electron chi connectivity index (χ0n) is 29.6. The number of amidine groups is 1. The minimum absolute atomic E-state index is 0.0683. The van der Waals surface area contributed by atoms with Gasteiger partial charge < -0.3 is 4.90 Å². The summed E-state index contributed by atoms with van der Waals surface area (Å²) in [5.74, 6) is 2.61. The van der Waals surface area contributed by atoms with Crippen molar-refractivity contribution in [1.82, 2.24) is 29.7 Å². The number of benzene rings is 6. The average molecular weight is 698 g/mol. The van der Waals surface area contributed by atoms with Crippen LogP contribution < -0.4 is 5.32 Å². The molecular formula is C47H35N7. The molecule has 10 rings (SSSR count). The fourth-order valence-electron chi connectivity index (χ4n) is 7.76. The Hall–Kier alpha value is -6.96. The van der Waals surface area contributed by atoms with Gasteiger partial charge in [0.15, 0.2) is 0 Å². The van der Waals surface area contributed by atoms with Crippen LogP contribution in [0.2, 0.25) is 0 Å². The van der Waals surface area contributed by atoms with Crippen LogP contribution in [0.1, 0.15) is 29.0 Å². The quantitative estimate of drug-likeness (QED) is 0.175. The number of nitrogens with zero attached hydrogens (tertiary/aromatic N) is 6. The summed E-state index contributed by atoms with van der Waals surface area (Å²) in [5.41, 5.74) is 9.56. The number of aliphatic imine (C=N–C) groups is 1. The lowest BCUT2D eigenvalue weighted by molar-refractivity contribution is 0.257. The Morgan fingerprint density at radius 3 is 1.83 bits per heavy atom. The van der Waals surface area contributed by atoms with Crippen molar-refractivity contribution >= 4 is 38.5 Å². The van der Waals surface area contributed by atoms with Crippen molar-refractivity contribution in [2.45, 2.75) is 12.3 Å². The van der Waals surface area contributed by atoms with E-state index in [4.69, 9.17) is 19.9 Å². The predicted octanol–water partition coefficient (Wildman–Crippen LogP) is 10.1. The second-order valence-electron chi connectivity index (χ2n) is 13.6. The van der Waals surface area contributed by atoms with E-state index in [-0.39, 0.29) is 12.3 Å². The molecule has 1 aliphatic rings. The molecule has 0 amide bonds. The van der Waals surface area contributed by atoms with Crippen LogP contribution in [0.3, 0.4) is 0 Å². The van der Waals surface area contributed by atoms with Crippen molar-refractivity contribution in [1.29, 1.82) is 0 Å². The molecule has 3 aromatic heterocycles. The Kier molecular flexibility index (Phi) is 7.78. The van der Waals surface area contributed by atoms with E-state index in [1.807, 2.05) is 48.8 Å². The fraction of sp³-hybridized carbons (Fsp3) is 0.0638. The normalized spacial score (nSPS) is 15.9. The maximum absolute atomic E-state index is 5.34. The number of hydrogen-bond acceptors (Lipinski definition) is 6. The maximum atomic E-state index is 5.34. The number of rotatable bonds is 6. The van der Waals surface area contributed by atoms with Crippen LogP contribution in [0.25, 0.3) is 61.0 Å². The molecule has 6 aromatic carbocycles. The summed E-state index contributed by atoms with van der Waals surface area (Å²) in [6, 6.07) is 56.9. The summed E-state index contributed by atoms with van der Waals surface area (Å²) in [6.45, 7) is 0. The van der Waals surface area contributed by atoms with Gasteiger partial charge in [0.05, 0.1) is 16.6 Å². The maximum Gasteiger partial charge on any atom is 0.146 e. The number of imidazole rings is 1. The van der Waals surface area contributed by atoms with E-state index in [0.717, 1.165) is 78.0 Å². The van der Waals surface area contributed by atoms with Gasteiger partial charge in [-0.3, -0.25) is 14.9 Å². The molecule has 7 heteroatoms. The highest BCUT2D eigenvalue weighted by atomic mass is 15.4. The lowest BCUT2D eigenvalue weighted by atomic mass is 10.00. The highest BCUT2D eigenvalue weighted by molar-refractivity contribution is 6.23. The monoisotopic (exact) mass is 697 g/mol. The third-order valence-electron chi connectivity index (χ3n) is 10.4. The molecule has 0 saturated heterocycles. The largest absolute Gasteiger partial charge is 0.340 e. The van der Waals surface area contributed by atoms with Crippen LogP contribution in [-0.2, 0) is 0 Å². The topological polar surface area (TPSA) is 71.2 Å². The van der Waals surface area contributed by atoms with Crippen LogP contribution >= 0.6 is 0 Å². The van der Waals surface area contributed by atoms with Crippen LogP contribution in [0.4, 0.5) is 0 Å². The lowest BCUT2D eigenvalue weighted by Gasteiger charge is -2.39. The van der Waals surface area contributed by atoms with Gasteiger partial charge in [0.25, 0.3) is 0 Å². The molecule has 7 nitrogen and oxygen atoms in total. The van der Waals surface area contributed by atoms with Crippen molar-refractivity contribution < 1.29 is 0 Å². The number of aromatic nitrogens is 4. The first-order chi connectivity index (χ1) is 26.7. The van der Waals surface area contributed by atoms with Gasteiger partial charge in [-0.1, -0.05) is 140 Å². The molecule has 0 bridgehead atoms. The summed E-state index contributed by atoms with van der Waals surface area (Å²) in [4.78, 5) is 22.3. The highest BCUT2D eigenvalue weighted by Gasteiger charge is 2.30. The molecule has 0 saturated carbocycles. The molecular weight excluding hydrogens is 663 g/mol. The van der Waals surface area contributed by atoms with Gasteiger partial charge in [-0.15, -0.1) is 0 Å². The molecule has 2 atom stereocenters. The van der Waals surface area contributed by atoms with Crippen molar-refractivity contribution in [2.24, 2.45) is 4.99 Å². The van der Waals surface area contributed by atoms with Crippen molar-refractivity contribution in [3.8, 4) is 28.3 Å². The molecule has 9 aromatic rings. The predicted molar refractivity (Wildman–Crippen MR) is 218 cm³/mol. The summed E-state index contributed by atoms with van der Waals surface area (Å²) in [5, 5.41) is 7.00. The van der Waals surface area contributed by atoms with E-state index >= 15 is 0 Å². The smallest absolute Gasteiger partial charge is 0.146 e. The van der Waals surface area contributed by atoms with Crippen LogP contribution in [0.15, 0.2) is 181 Å². The van der Waals surface area contributed by atoms with Gasteiger partial charge in [0, 0.05) is 46.7 Å². The fourth-order valence-corrected chi connectivity index (χ4v) is 7.76. The van der Waals surface area contributed by atoms with E-state index in [1.54, 1.807) is 0 Å². The van der Waals surface area contributed by atoms with Gasteiger partial charge in [-0.05, 0) is 46.5 Å². The summed E-state index contributed by atoms with van der Waals surface area (Å²) < 4.78 is 2.18.